The van der Waals surface area contributed by atoms with Crippen LogP contribution < -0.4 is 19.5 Å². The minimum atomic E-state index is -0.857. The van der Waals surface area contributed by atoms with Gasteiger partial charge in [-0.1, -0.05) is 6.92 Å². The summed E-state index contributed by atoms with van der Waals surface area (Å²) in [6, 6.07) is 4.93. The van der Waals surface area contributed by atoms with Crippen molar-refractivity contribution in [2.24, 2.45) is 11.8 Å². The molecule has 1 saturated heterocycles. The van der Waals surface area contributed by atoms with Crippen LogP contribution in [0, 0.1) is 11.8 Å². The van der Waals surface area contributed by atoms with E-state index < -0.39 is 11.9 Å². The lowest BCUT2D eigenvalue weighted by atomic mass is 9.91. The number of amides is 2. The Hall–Kier alpha value is -2.64. The molecule has 8 heteroatoms. The summed E-state index contributed by atoms with van der Waals surface area (Å²) in [5.41, 5.74) is 0. The molecule has 2 rings (SSSR count). The van der Waals surface area contributed by atoms with Crippen LogP contribution in [0.15, 0.2) is 18.2 Å². The molecule has 0 radical (unpaired) electrons. The maximum Gasteiger partial charge on any atom is 0.317 e. The number of benzene rings is 1. The molecule has 0 aliphatic carbocycles. The number of carbonyl (C=O) groups is 2. The van der Waals surface area contributed by atoms with Gasteiger partial charge in [0.1, 0.15) is 23.9 Å². The molecule has 1 aliphatic heterocycles. The average Bonchev–Trinajstić information content (AvgIpc) is 2.64. The highest BCUT2D eigenvalue weighted by atomic mass is 16.5. The van der Waals surface area contributed by atoms with Gasteiger partial charge >= 0.3 is 12.0 Å². The van der Waals surface area contributed by atoms with Gasteiger partial charge in [0, 0.05) is 31.3 Å². The van der Waals surface area contributed by atoms with Crippen molar-refractivity contribution in [1.29, 1.82) is 0 Å². The number of urea groups is 1. The van der Waals surface area contributed by atoms with E-state index in [-0.39, 0.29) is 25.1 Å². The van der Waals surface area contributed by atoms with Crippen molar-refractivity contribution in [1.82, 2.24) is 10.2 Å². The van der Waals surface area contributed by atoms with Gasteiger partial charge in [0.25, 0.3) is 0 Å². The highest BCUT2D eigenvalue weighted by Crippen LogP contribution is 2.27. The van der Waals surface area contributed by atoms with Crippen molar-refractivity contribution in [3.8, 4) is 17.2 Å². The molecule has 2 atom stereocenters. The Morgan fingerprint density at radius 2 is 1.77 bits per heavy atom. The Morgan fingerprint density at radius 3 is 2.35 bits per heavy atom. The van der Waals surface area contributed by atoms with Gasteiger partial charge in [-0.05, 0) is 12.3 Å². The zero-order valence-electron chi connectivity index (χ0n) is 15.4. The molecule has 0 bridgehead atoms. The van der Waals surface area contributed by atoms with Crippen LogP contribution in [0.4, 0.5) is 4.79 Å². The number of carbonyl (C=O) groups excluding carboxylic acids is 1. The molecule has 0 spiro atoms. The topological polar surface area (TPSA) is 97.3 Å². The first-order valence-corrected chi connectivity index (χ1v) is 8.54. The van der Waals surface area contributed by atoms with Crippen LogP contribution >= 0.6 is 0 Å². The van der Waals surface area contributed by atoms with E-state index in [1.807, 2.05) is 6.92 Å². The molecule has 1 aliphatic rings. The summed E-state index contributed by atoms with van der Waals surface area (Å²) < 4.78 is 16.0. The predicted octanol–water partition coefficient (Wildman–Crippen LogP) is 1.83. The second-order valence-electron chi connectivity index (χ2n) is 6.41. The van der Waals surface area contributed by atoms with Crippen molar-refractivity contribution in [3.63, 3.8) is 0 Å². The van der Waals surface area contributed by atoms with E-state index >= 15 is 0 Å². The van der Waals surface area contributed by atoms with Gasteiger partial charge in [-0.3, -0.25) is 4.79 Å². The van der Waals surface area contributed by atoms with Gasteiger partial charge in [0.2, 0.25) is 0 Å². The third-order valence-corrected chi connectivity index (χ3v) is 4.27. The smallest absolute Gasteiger partial charge is 0.317 e. The highest BCUT2D eigenvalue weighted by molar-refractivity contribution is 5.76. The summed E-state index contributed by atoms with van der Waals surface area (Å²) in [6.45, 7) is 3.33. The first-order valence-electron chi connectivity index (χ1n) is 8.54. The summed E-state index contributed by atoms with van der Waals surface area (Å²) in [7, 11) is 3.12. The van der Waals surface area contributed by atoms with E-state index in [1.54, 1.807) is 37.3 Å². The van der Waals surface area contributed by atoms with E-state index in [0.29, 0.717) is 36.8 Å². The summed E-state index contributed by atoms with van der Waals surface area (Å²) in [5, 5.41) is 11.9. The van der Waals surface area contributed by atoms with Gasteiger partial charge in [0.15, 0.2) is 0 Å². The molecule has 1 aromatic carbocycles. The second kappa shape index (κ2) is 9.17. The fourth-order valence-corrected chi connectivity index (χ4v) is 3.00. The Morgan fingerprint density at radius 1 is 1.15 bits per heavy atom. The number of carboxylic acids is 1. The minimum absolute atomic E-state index is 0.163. The zero-order chi connectivity index (χ0) is 19.1. The van der Waals surface area contributed by atoms with Gasteiger partial charge in [-0.15, -0.1) is 0 Å². The van der Waals surface area contributed by atoms with E-state index in [9.17, 15) is 14.7 Å². The lowest BCUT2D eigenvalue weighted by Crippen LogP contribution is -2.50. The first-order chi connectivity index (χ1) is 12.4. The van der Waals surface area contributed by atoms with E-state index in [4.69, 9.17) is 14.2 Å². The van der Waals surface area contributed by atoms with Crippen molar-refractivity contribution < 1.29 is 28.9 Å². The van der Waals surface area contributed by atoms with Crippen molar-refractivity contribution in [2.75, 3.05) is 40.5 Å². The largest absolute Gasteiger partial charge is 0.496 e. The molecule has 1 aromatic rings. The summed E-state index contributed by atoms with van der Waals surface area (Å²) >= 11 is 0. The van der Waals surface area contributed by atoms with Crippen molar-refractivity contribution in [3.05, 3.63) is 18.2 Å². The average molecular weight is 366 g/mol. The maximum atomic E-state index is 12.3. The van der Waals surface area contributed by atoms with Crippen molar-refractivity contribution >= 4 is 12.0 Å². The van der Waals surface area contributed by atoms with Crippen LogP contribution in [0.1, 0.15) is 13.3 Å². The quantitative estimate of drug-likeness (QED) is 0.715. The number of carboxylic acid groups (broad SMARTS) is 1. The van der Waals surface area contributed by atoms with Crippen LogP contribution in [0.2, 0.25) is 0 Å². The summed E-state index contributed by atoms with van der Waals surface area (Å²) in [5.74, 6) is 0.606. The van der Waals surface area contributed by atoms with Crippen LogP contribution in [-0.2, 0) is 4.79 Å². The molecule has 2 amide bonds. The Bertz CT molecular complexity index is 614. The lowest BCUT2D eigenvalue weighted by Gasteiger charge is -2.34. The van der Waals surface area contributed by atoms with Gasteiger partial charge in [0.05, 0.1) is 26.7 Å². The van der Waals surface area contributed by atoms with Crippen LogP contribution in [-0.4, -0.2) is 62.5 Å². The number of hydrogen-bond acceptors (Lipinski definition) is 5. The number of rotatable bonds is 7. The number of nitrogens with one attached hydrogen (secondary N) is 1. The molecule has 26 heavy (non-hydrogen) atoms. The third-order valence-electron chi connectivity index (χ3n) is 4.27. The Labute approximate surface area is 153 Å². The molecule has 0 aromatic heterocycles. The van der Waals surface area contributed by atoms with E-state index in [2.05, 4.69) is 5.32 Å². The molecule has 1 fully saturated rings. The molecule has 2 unspecified atom stereocenters. The molecule has 2 N–H and O–H groups in total. The number of methoxy groups -OCH3 is 2. The monoisotopic (exact) mass is 366 g/mol. The van der Waals surface area contributed by atoms with Gasteiger partial charge in [-0.2, -0.15) is 0 Å². The number of nitrogens with zero attached hydrogens (tertiary/aromatic N) is 1. The normalized spacial score (nSPS) is 19.6. The van der Waals surface area contributed by atoms with Gasteiger partial charge < -0.3 is 29.5 Å². The molecule has 144 valence electrons. The van der Waals surface area contributed by atoms with E-state index in [1.165, 1.54) is 0 Å². The number of ether oxygens (including phenoxy) is 3. The lowest BCUT2D eigenvalue weighted by molar-refractivity contribution is -0.143. The van der Waals surface area contributed by atoms with E-state index in [0.717, 1.165) is 0 Å². The second-order valence-corrected chi connectivity index (χ2v) is 6.41. The number of likely N-dealkylation sites (tertiary alicyclic amines) is 1. The third kappa shape index (κ3) is 5.44. The predicted molar refractivity (Wildman–Crippen MR) is 94.9 cm³/mol. The zero-order valence-corrected chi connectivity index (χ0v) is 15.4. The number of aliphatic carboxylic acids is 1. The minimum Gasteiger partial charge on any atom is -0.496 e. The molecule has 1 heterocycles. The maximum absolute atomic E-state index is 12.3. The fraction of sp³-hybridized carbons (Fsp3) is 0.556. The summed E-state index contributed by atoms with van der Waals surface area (Å²) in [6.07, 6.45) is 0.597. The highest BCUT2D eigenvalue weighted by Gasteiger charge is 2.31. The fourth-order valence-electron chi connectivity index (χ4n) is 3.00. The first kappa shape index (κ1) is 19.7. The molecular weight excluding hydrogens is 340 g/mol. The molecule has 8 nitrogen and oxygen atoms in total. The Balaban J connectivity index is 1.80. The van der Waals surface area contributed by atoms with Gasteiger partial charge in [-0.25, -0.2) is 4.79 Å². The molecule has 0 saturated carbocycles. The Kier molecular flexibility index (Phi) is 6.94. The standard InChI is InChI=1S/C18H26N2O6/c1-12-6-13(17(21)22)11-20(10-12)18(23)19-4-5-26-16-8-14(24-2)7-15(9-16)25-3/h7-9,12-13H,4-6,10-11H2,1-3H3,(H,19,23)(H,21,22). The van der Waals surface area contributed by atoms with Crippen LogP contribution in [0.3, 0.4) is 0 Å². The van der Waals surface area contributed by atoms with Crippen molar-refractivity contribution in [2.45, 2.75) is 13.3 Å². The SMILES string of the molecule is COc1cc(OC)cc(OCCNC(=O)N2CC(C)CC(C(=O)O)C2)c1. The number of hydrogen-bond donors (Lipinski definition) is 2. The van der Waals surface area contributed by atoms with Crippen LogP contribution in [0.5, 0.6) is 17.2 Å². The molecular formula is C18H26N2O6. The van der Waals surface area contributed by atoms with Crippen LogP contribution in [0.25, 0.3) is 0 Å². The number of piperidine rings is 1. The summed E-state index contributed by atoms with van der Waals surface area (Å²) in [4.78, 5) is 25.0.